The fourth-order valence-electron chi connectivity index (χ4n) is 1.93. The molecule has 0 aliphatic heterocycles. The predicted octanol–water partition coefficient (Wildman–Crippen LogP) is 2.80. The van der Waals surface area contributed by atoms with Crippen LogP contribution in [0.4, 0.5) is 4.39 Å². The highest BCUT2D eigenvalue weighted by Gasteiger charge is 2.25. The van der Waals surface area contributed by atoms with Crippen LogP contribution in [-0.4, -0.2) is 20.3 Å². The highest BCUT2D eigenvalue weighted by atomic mass is 19.1. The lowest BCUT2D eigenvalue weighted by molar-refractivity contribution is 0.212. The zero-order chi connectivity index (χ0) is 13.9. The number of hydrogen-bond acceptors (Lipinski definition) is 3. The summed E-state index contributed by atoms with van der Waals surface area (Å²) in [6.45, 7) is 4.91. The minimum Gasteiger partial charge on any atom is -0.496 e. The van der Waals surface area contributed by atoms with Gasteiger partial charge in [-0.05, 0) is 44.9 Å². The van der Waals surface area contributed by atoms with Crippen molar-refractivity contribution in [3.05, 3.63) is 23.3 Å². The van der Waals surface area contributed by atoms with Gasteiger partial charge >= 0.3 is 0 Å². The summed E-state index contributed by atoms with van der Waals surface area (Å²) >= 11 is 0. The second-order valence-corrected chi connectivity index (χ2v) is 5.02. The summed E-state index contributed by atoms with van der Waals surface area (Å²) in [6.07, 6.45) is 0.659. The van der Waals surface area contributed by atoms with Crippen LogP contribution in [0, 0.1) is 0 Å². The molecule has 1 rings (SSSR count). The summed E-state index contributed by atoms with van der Waals surface area (Å²) in [5.74, 6) is 1.17. The van der Waals surface area contributed by atoms with Gasteiger partial charge in [0.1, 0.15) is 17.2 Å². The van der Waals surface area contributed by atoms with Gasteiger partial charge in [0.15, 0.2) is 0 Å². The van der Waals surface area contributed by atoms with Gasteiger partial charge < -0.3 is 15.2 Å². The van der Waals surface area contributed by atoms with Crippen LogP contribution < -0.4 is 15.2 Å². The molecule has 4 heteroatoms. The number of rotatable bonds is 5. The Labute approximate surface area is 108 Å². The standard InChI is InChI=1S/C14H22FNO2/c1-9(16)6-10-7-13(18-5)11(14(2,3)15)8-12(10)17-4/h7-9H,6,16H2,1-5H3. The van der Waals surface area contributed by atoms with Crippen LogP contribution in [0.1, 0.15) is 31.9 Å². The zero-order valence-corrected chi connectivity index (χ0v) is 11.7. The summed E-state index contributed by atoms with van der Waals surface area (Å²) in [5.41, 5.74) is 5.72. The van der Waals surface area contributed by atoms with Gasteiger partial charge in [-0.15, -0.1) is 0 Å². The number of halogens is 1. The van der Waals surface area contributed by atoms with Crippen LogP contribution in [0.2, 0.25) is 0 Å². The SMILES string of the molecule is COc1cc(C(C)(C)F)c(OC)cc1CC(C)N. The third kappa shape index (κ3) is 3.35. The second kappa shape index (κ2) is 5.57. The number of hydrogen-bond donors (Lipinski definition) is 1. The average Bonchev–Trinajstić information content (AvgIpc) is 2.26. The van der Waals surface area contributed by atoms with Crippen molar-refractivity contribution in [1.82, 2.24) is 0 Å². The van der Waals surface area contributed by atoms with Gasteiger partial charge in [0.25, 0.3) is 0 Å². The highest BCUT2D eigenvalue weighted by Crippen LogP contribution is 2.37. The number of benzene rings is 1. The molecule has 1 aromatic rings. The molecular weight excluding hydrogens is 233 g/mol. The van der Waals surface area contributed by atoms with Crippen molar-refractivity contribution in [2.45, 2.75) is 38.9 Å². The Hall–Kier alpha value is -1.29. The molecule has 0 radical (unpaired) electrons. The van der Waals surface area contributed by atoms with Crippen molar-refractivity contribution in [2.75, 3.05) is 14.2 Å². The Kier molecular flexibility index (Phi) is 4.57. The molecule has 2 N–H and O–H groups in total. The third-order valence-electron chi connectivity index (χ3n) is 2.78. The molecule has 0 saturated carbocycles. The molecule has 1 aromatic carbocycles. The lowest BCUT2D eigenvalue weighted by Crippen LogP contribution is -2.19. The van der Waals surface area contributed by atoms with Crippen LogP contribution in [0.25, 0.3) is 0 Å². The minimum atomic E-state index is -1.48. The molecule has 0 aromatic heterocycles. The molecule has 0 bridgehead atoms. The first-order valence-electron chi connectivity index (χ1n) is 5.99. The Morgan fingerprint density at radius 2 is 1.78 bits per heavy atom. The van der Waals surface area contributed by atoms with E-state index in [1.165, 1.54) is 21.0 Å². The van der Waals surface area contributed by atoms with Gasteiger partial charge in [-0.1, -0.05) is 0 Å². The Balaban J connectivity index is 3.32. The number of alkyl halides is 1. The molecule has 0 heterocycles. The van der Waals surface area contributed by atoms with E-state index in [1.807, 2.05) is 6.92 Å². The van der Waals surface area contributed by atoms with Gasteiger partial charge in [0.05, 0.1) is 14.2 Å². The Morgan fingerprint density at radius 1 is 1.22 bits per heavy atom. The fraction of sp³-hybridized carbons (Fsp3) is 0.571. The predicted molar refractivity (Wildman–Crippen MR) is 71.0 cm³/mol. The van der Waals surface area contributed by atoms with E-state index in [2.05, 4.69) is 0 Å². The normalized spacial score (nSPS) is 13.3. The van der Waals surface area contributed by atoms with Crippen molar-refractivity contribution in [3.63, 3.8) is 0 Å². The summed E-state index contributed by atoms with van der Waals surface area (Å²) in [7, 11) is 3.11. The molecule has 0 fully saturated rings. The first-order valence-corrected chi connectivity index (χ1v) is 5.99. The molecular formula is C14H22FNO2. The lowest BCUT2D eigenvalue weighted by Gasteiger charge is -2.21. The van der Waals surface area contributed by atoms with Crippen molar-refractivity contribution in [1.29, 1.82) is 0 Å². The summed E-state index contributed by atoms with van der Waals surface area (Å²) in [4.78, 5) is 0. The lowest BCUT2D eigenvalue weighted by atomic mass is 9.95. The molecule has 0 amide bonds. The molecule has 18 heavy (non-hydrogen) atoms. The Morgan fingerprint density at radius 3 is 2.17 bits per heavy atom. The summed E-state index contributed by atoms with van der Waals surface area (Å²) < 4.78 is 24.7. The summed E-state index contributed by atoms with van der Waals surface area (Å²) in [5, 5.41) is 0. The molecule has 1 atom stereocenters. The zero-order valence-electron chi connectivity index (χ0n) is 11.7. The van der Waals surface area contributed by atoms with Crippen LogP contribution in [0.3, 0.4) is 0 Å². The van der Waals surface area contributed by atoms with Gasteiger partial charge in [-0.25, -0.2) is 4.39 Å². The second-order valence-electron chi connectivity index (χ2n) is 5.02. The van der Waals surface area contributed by atoms with Crippen molar-refractivity contribution >= 4 is 0 Å². The van der Waals surface area contributed by atoms with Crippen molar-refractivity contribution in [2.24, 2.45) is 5.73 Å². The average molecular weight is 255 g/mol. The van der Waals surface area contributed by atoms with Crippen LogP contribution >= 0.6 is 0 Å². The molecule has 0 aliphatic rings. The van der Waals surface area contributed by atoms with Crippen molar-refractivity contribution in [3.8, 4) is 11.5 Å². The molecule has 0 saturated heterocycles. The maximum atomic E-state index is 14.1. The van der Waals surface area contributed by atoms with E-state index < -0.39 is 5.67 Å². The monoisotopic (exact) mass is 255 g/mol. The van der Waals surface area contributed by atoms with E-state index in [1.54, 1.807) is 19.2 Å². The van der Waals surface area contributed by atoms with Gasteiger partial charge in [0, 0.05) is 11.6 Å². The van der Waals surface area contributed by atoms with Crippen LogP contribution in [0.5, 0.6) is 11.5 Å². The van der Waals surface area contributed by atoms with E-state index in [4.69, 9.17) is 15.2 Å². The van der Waals surface area contributed by atoms with E-state index in [0.29, 0.717) is 23.5 Å². The van der Waals surface area contributed by atoms with E-state index in [-0.39, 0.29) is 6.04 Å². The van der Waals surface area contributed by atoms with Crippen LogP contribution in [-0.2, 0) is 12.1 Å². The van der Waals surface area contributed by atoms with Crippen LogP contribution in [0.15, 0.2) is 12.1 Å². The maximum Gasteiger partial charge on any atom is 0.134 e. The number of methoxy groups -OCH3 is 2. The first-order chi connectivity index (χ1) is 8.29. The summed E-state index contributed by atoms with van der Waals surface area (Å²) in [6, 6.07) is 3.50. The highest BCUT2D eigenvalue weighted by molar-refractivity contribution is 5.49. The van der Waals surface area contributed by atoms with Gasteiger partial charge in [-0.3, -0.25) is 0 Å². The first kappa shape index (κ1) is 14.8. The fourth-order valence-corrected chi connectivity index (χ4v) is 1.93. The van der Waals surface area contributed by atoms with Gasteiger partial charge in [-0.2, -0.15) is 0 Å². The number of nitrogens with two attached hydrogens (primary N) is 1. The quantitative estimate of drug-likeness (QED) is 0.880. The number of ether oxygens (including phenoxy) is 2. The molecule has 3 nitrogen and oxygen atoms in total. The van der Waals surface area contributed by atoms with Crippen molar-refractivity contribution < 1.29 is 13.9 Å². The van der Waals surface area contributed by atoms with Gasteiger partial charge in [0.2, 0.25) is 0 Å². The molecule has 0 spiro atoms. The molecule has 0 aliphatic carbocycles. The largest absolute Gasteiger partial charge is 0.496 e. The smallest absolute Gasteiger partial charge is 0.134 e. The third-order valence-corrected chi connectivity index (χ3v) is 2.78. The van der Waals surface area contributed by atoms with E-state index >= 15 is 0 Å². The molecule has 1 unspecified atom stereocenters. The molecule has 102 valence electrons. The minimum absolute atomic E-state index is 0.00726. The maximum absolute atomic E-state index is 14.1. The topological polar surface area (TPSA) is 44.5 Å². The Bertz CT molecular complexity index is 411. The van der Waals surface area contributed by atoms with E-state index in [0.717, 1.165) is 5.56 Å². The van der Waals surface area contributed by atoms with E-state index in [9.17, 15) is 4.39 Å².